The van der Waals surface area contributed by atoms with Crippen molar-refractivity contribution in [2.24, 2.45) is 5.92 Å². The van der Waals surface area contributed by atoms with Crippen LogP contribution in [0.1, 0.15) is 51.3 Å². The second-order valence-corrected chi connectivity index (χ2v) is 9.05. The number of aromatic nitrogens is 1. The molecule has 1 heterocycles. The number of rotatable bonds is 4. The van der Waals surface area contributed by atoms with E-state index in [1.165, 1.54) is 11.1 Å². The van der Waals surface area contributed by atoms with Crippen LogP contribution in [-0.4, -0.2) is 4.98 Å². The monoisotopic (exact) mass is 383 g/mol. The highest BCUT2D eigenvalue weighted by Gasteiger charge is 2.16. The van der Waals surface area contributed by atoms with Crippen molar-refractivity contribution in [3.8, 4) is 28.5 Å². The highest BCUT2D eigenvalue weighted by atomic mass is 14.8. The molecule has 3 aromatic rings. The smallest absolute Gasteiger partial charge is 0.142 e. The SMILES string of the molecule is CC(C)Cc1ccc(-c2cc(-c3ccc(C(C)(C)C)cc3)c(C#N)c(N)n2)cc1. The Morgan fingerprint density at radius 1 is 0.966 bits per heavy atom. The van der Waals surface area contributed by atoms with Crippen molar-refractivity contribution in [3.63, 3.8) is 0 Å². The van der Waals surface area contributed by atoms with Gasteiger partial charge >= 0.3 is 0 Å². The minimum Gasteiger partial charge on any atom is -0.383 e. The Balaban J connectivity index is 2.04. The second kappa shape index (κ2) is 8.09. The highest BCUT2D eigenvalue weighted by Crippen LogP contribution is 2.33. The molecule has 0 saturated heterocycles. The highest BCUT2D eigenvalue weighted by molar-refractivity contribution is 5.80. The molecule has 0 aliphatic rings. The molecule has 1 aromatic heterocycles. The molecule has 148 valence electrons. The number of nitrogen functional groups attached to an aromatic ring is 1. The van der Waals surface area contributed by atoms with E-state index in [1.807, 2.05) is 6.07 Å². The van der Waals surface area contributed by atoms with Crippen LogP contribution in [0.25, 0.3) is 22.4 Å². The lowest BCUT2D eigenvalue weighted by Gasteiger charge is -2.19. The van der Waals surface area contributed by atoms with Crippen LogP contribution in [0, 0.1) is 17.2 Å². The molecule has 29 heavy (non-hydrogen) atoms. The first-order valence-corrected chi connectivity index (χ1v) is 10.1. The van der Waals surface area contributed by atoms with E-state index in [4.69, 9.17) is 5.73 Å². The Morgan fingerprint density at radius 3 is 2.07 bits per heavy atom. The Kier molecular flexibility index (Phi) is 5.75. The molecule has 0 atom stereocenters. The fraction of sp³-hybridized carbons (Fsp3) is 0.308. The number of hydrogen-bond donors (Lipinski definition) is 1. The summed E-state index contributed by atoms with van der Waals surface area (Å²) >= 11 is 0. The Bertz CT molecular complexity index is 1030. The zero-order valence-electron chi connectivity index (χ0n) is 18.0. The lowest BCUT2D eigenvalue weighted by Crippen LogP contribution is -2.10. The standard InChI is InChI=1S/C26H29N3/c1-17(2)14-18-6-8-20(9-7-18)24-15-22(23(16-27)25(28)29-24)19-10-12-21(13-11-19)26(3,4)5/h6-13,15,17H,14H2,1-5H3,(H2,28,29). The third kappa shape index (κ3) is 4.66. The first-order chi connectivity index (χ1) is 13.7. The molecule has 0 bridgehead atoms. The summed E-state index contributed by atoms with van der Waals surface area (Å²) in [6, 6.07) is 21.0. The second-order valence-electron chi connectivity index (χ2n) is 9.05. The summed E-state index contributed by atoms with van der Waals surface area (Å²) in [5.74, 6) is 0.887. The molecule has 0 radical (unpaired) electrons. The van der Waals surface area contributed by atoms with Gasteiger partial charge in [0.1, 0.15) is 17.5 Å². The van der Waals surface area contributed by atoms with Crippen LogP contribution in [0.3, 0.4) is 0 Å². The third-order valence-electron chi connectivity index (χ3n) is 5.11. The van der Waals surface area contributed by atoms with Gasteiger partial charge in [0.15, 0.2) is 0 Å². The summed E-state index contributed by atoms with van der Waals surface area (Å²) in [6.07, 6.45) is 1.05. The molecular formula is C26H29N3. The van der Waals surface area contributed by atoms with E-state index in [2.05, 4.69) is 94.2 Å². The van der Waals surface area contributed by atoms with Crippen molar-refractivity contribution in [1.29, 1.82) is 5.26 Å². The summed E-state index contributed by atoms with van der Waals surface area (Å²) in [7, 11) is 0. The van der Waals surface area contributed by atoms with Gasteiger partial charge in [-0.3, -0.25) is 0 Å². The van der Waals surface area contributed by atoms with Crippen LogP contribution in [0.15, 0.2) is 54.6 Å². The van der Waals surface area contributed by atoms with E-state index in [0.717, 1.165) is 28.8 Å². The van der Waals surface area contributed by atoms with Gasteiger partial charge in [-0.15, -0.1) is 0 Å². The fourth-order valence-corrected chi connectivity index (χ4v) is 3.49. The molecule has 0 saturated carbocycles. The van der Waals surface area contributed by atoms with E-state index >= 15 is 0 Å². The van der Waals surface area contributed by atoms with Gasteiger partial charge in [0.05, 0.1) is 5.69 Å². The summed E-state index contributed by atoms with van der Waals surface area (Å²) in [4.78, 5) is 4.50. The van der Waals surface area contributed by atoms with Gasteiger partial charge in [0, 0.05) is 11.1 Å². The van der Waals surface area contributed by atoms with Crippen LogP contribution in [-0.2, 0) is 11.8 Å². The number of benzene rings is 2. The predicted molar refractivity (Wildman–Crippen MR) is 121 cm³/mol. The zero-order valence-corrected chi connectivity index (χ0v) is 18.0. The Labute approximate surface area is 174 Å². The Morgan fingerprint density at radius 2 is 1.55 bits per heavy atom. The van der Waals surface area contributed by atoms with Crippen molar-refractivity contribution < 1.29 is 0 Å². The lowest BCUT2D eigenvalue weighted by atomic mass is 9.86. The molecule has 3 nitrogen and oxygen atoms in total. The molecule has 0 fully saturated rings. The summed E-state index contributed by atoms with van der Waals surface area (Å²) in [5, 5.41) is 9.66. The van der Waals surface area contributed by atoms with Crippen molar-refractivity contribution in [3.05, 3.63) is 71.3 Å². The van der Waals surface area contributed by atoms with Crippen LogP contribution >= 0.6 is 0 Å². The maximum Gasteiger partial charge on any atom is 0.142 e. The number of nitrogens with zero attached hydrogens (tertiary/aromatic N) is 2. The van der Waals surface area contributed by atoms with E-state index in [9.17, 15) is 5.26 Å². The average molecular weight is 384 g/mol. The number of anilines is 1. The van der Waals surface area contributed by atoms with Gasteiger partial charge < -0.3 is 5.73 Å². The van der Waals surface area contributed by atoms with Gasteiger partial charge in [-0.2, -0.15) is 5.26 Å². The minimum atomic E-state index is 0.0801. The molecule has 0 spiro atoms. The Hall–Kier alpha value is -3.12. The molecule has 0 amide bonds. The number of nitriles is 1. The molecular weight excluding hydrogens is 354 g/mol. The normalized spacial score (nSPS) is 11.5. The van der Waals surface area contributed by atoms with Gasteiger partial charge in [0.25, 0.3) is 0 Å². The maximum absolute atomic E-state index is 9.66. The van der Waals surface area contributed by atoms with Gasteiger partial charge in [0.2, 0.25) is 0 Å². The first-order valence-electron chi connectivity index (χ1n) is 10.1. The number of hydrogen-bond acceptors (Lipinski definition) is 3. The molecule has 3 heteroatoms. The van der Waals surface area contributed by atoms with Crippen LogP contribution in [0.2, 0.25) is 0 Å². The van der Waals surface area contributed by atoms with Gasteiger partial charge in [-0.05, 0) is 40.5 Å². The molecule has 0 aliphatic heterocycles. The largest absolute Gasteiger partial charge is 0.383 e. The van der Waals surface area contributed by atoms with Crippen molar-refractivity contribution >= 4 is 5.82 Å². The molecule has 3 rings (SSSR count). The average Bonchev–Trinajstić information content (AvgIpc) is 2.67. The topological polar surface area (TPSA) is 62.7 Å². The van der Waals surface area contributed by atoms with E-state index in [1.54, 1.807) is 0 Å². The summed E-state index contributed by atoms with van der Waals surface area (Å²) in [6.45, 7) is 11.0. The van der Waals surface area contributed by atoms with Crippen LogP contribution in [0.5, 0.6) is 0 Å². The molecule has 2 aromatic carbocycles. The molecule has 0 unspecified atom stereocenters. The zero-order chi connectivity index (χ0) is 21.2. The number of pyridine rings is 1. The summed E-state index contributed by atoms with van der Waals surface area (Å²) < 4.78 is 0. The van der Waals surface area contributed by atoms with E-state index in [-0.39, 0.29) is 11.2 Å². The molecule has 0 aliphatic carbocycles. The summed E-state index contributed by atoms with van der Waals surface area (Å²) in [5.41, 5.74) is 12.8. The predicted octanol–water partition coefficient (Wildman–Crippen LogP) is 6.37. The van der Waals surface area contributed by atoms with E-state index < -0.39 is 0 Å². The van der Waals surface area contributed by atoms with Gasteiger partial charge in [-0.1, -0.05) is 83.1 Å². The van der Waals surface area contributed by atoms with Crippen LogP contribution in [0.4, 0.5) is 5.82 Å². The lowest BCUT2D eigenvalue weighted by molar-refractivity contribution is 0.590. The molecule has 2 N–H and O–H groups in total. The minimum absolute atomic E-state index is 0.0801. The fourth-order valence-electron chi connectivity index (χ4n) is 3.49. The van der Waals surface area contributed by atoms with Crippen molar-refractivity contribution in [2.75, 3.05) is 5.73 Å². The first kappa shape index (κ1) is 20.6. The van der Waals surface area contributed by atoms with E-state index in [0.29, 0.717) is 11.5 Å². The van der Waals surface area contributed by atoms with Crippen molar-refractivity contribution in [1.82, 2.24) is 4.98 Å². The van der Waals surface area contributed by atoms with Crippen LogP contribution < -0.4 is 5.73 Å². The maximum atomic E-state index is 9.66. The third-order valence-corrected chi connectivity index (χ3v) is 5.11. The van der Waals surface area contributed by atoms with Gasteiger partial charge in [-0.25, -0.2) is 4.98 Å². The quantitative estimate of drug-likeness (QED) is 0.569. The van der Waals surface area contributed by atoms with Crippen molar-refractivity contribution in [2.45, 2.75) is 46.5 Å². The number of nitrogens with two attached hydrogens (primary N) is 1.